The van der Waals surface area contributed by atoms with Gasteiger partial charge in [0.15, 0.2) is 5.16 Å². The molecule has 0 unspecified atom stereocenters. The number of hydrogen-bond donors (Lipinski definition) is 0. The van der Waals surface area contributed by atoms with E-state index in [9.17, 15) is 4.79 Å². The Morgan fingerprint density at radius 2 is 2.14 bits per heavy atom. The number of carbonyl (C=O) groups is 1. The van der Waals surface area contributed by atoms with Gasteiger partial charge >= 0.3 is 0 Å². The molecule has 1 aliphatic heterocycles. The lowest BCUT2D eigenvalue weighted by Gasteiger charge is -2.19. The van der Waals surface area contributed by atoms with Gasteiger partial charge in [0.05, 0.1) is 10.9 Å². The van der Waals surface area contributed by atoms with Crippen LogP contribution in [0.3, 0.4) is 0 Å². The standard InChI is InChI=1S/C15H17ClN4OS/c1-11(14(21)19-7-2-3-8-19)22-15-18-17-10-20(15)13-6-4-5-12(16)9-13/h4-6,9-11H,2-3,7-8H2,1H3/t11-/m0/s1. The predicted octanol–water partition coefficient (Wildman–Crippen LogP) is 3.02. The Hall–Kier alpha value is -1.53. The maximum atomic E-state index is 12.4. The Balaban J connectivity index is 1.76. The van der Waals surface area contributed by atoms with E-state index >= 15 is 0 Å². The third kappa shape index (κ3) is 3.28. The van der Waals surface area contributed by atoms with Crippen molar-refractivity contribution in [3.05, 3.63) is 35.6 Å². The van der Waals surface area contributed by atoms with Gasteiger partial charge in [-0.3, -0.25) is 9.36 Å². The van der Waals surface area contributed by atoms with Crippen molar-refractivity contribution < 1.29 is 4.79 Å². The van der Waals surface area contributed by atoms with E-state index in [1.54, 1.807) is 6.33 Å². The zero-order chi connectivity index (χ0) is 15.5. The fourth-order valence-electron chi connectivity index (χ4n) is 2.51. The SMILES string of the molecule is C[C@H](Sc1nncn1-c1cccc(Cl)c1)C(=O)N1CCCC1. The molecule has 1 aromatic heterocycles. The third-order valence-electron chi connectivity index (χ3n) is 3.65. The van der Waals surface area contributed by atoms with Gasteiger partial charge in [-0.1, -0.05) is 29.4 Å². The Labute approximate surface area is 138 Å². The highest BCUT2D eigenvalue weighted by Crippen LogP contribution is 2.26. The molecule has 0 spiro atoms. The van der Waals surface area contributed by atoms with Gasteiger partial charge in [0.2, 0.25) is 5.91 Å². The minimum Gasteiger partial charge on any atom is -0.342 e. The minimum absolute atomic E-state index is 0.170. The van der Waals surface area contributed by atoms with Crippen molar-refractivity contribution in [2.45, 2.75) is 30.2 Å². The van der Waals surface area contributed by atoms with Gasteiger partial charge in [-0.2, -0.15) is 0 Å². The summed E-state index contributed by atoms with van der Waals surface area (Å²) >= 11 is 7.46. The lowest BCUT2D eigenvalue weighted by molar-refractivity contribution is -0.129. The van der Waals surface area contributed by atoms with Crippen LogP contribution >= 0.6 is 23.4 Å². The highest BCUT2D eigenvalue weighted by molar-refractivity contribution is 8.00. The first-order valence-corrected chi connectivity index (χ1v) is 8.52. The van der Waals surface area contributed by atoms with Crippen LogP contribution in [0.4, 0.5) is 0 Å². The van der Waals surface area contributed by atoms with Crippen LogP contribution in [0.2, 0.25) is 5.02 Å². The number of nitrogens with zero attached hydrogens (tertiary/aromatic N) is 4. The molecule has 0 saturated carbocycles. The lowest BCUT2D eigenvalue weighted by atomic mass is 10.3. The molecule has 5 nitrogen and oxygen atoms in total. The van der Waals surface area contributed by atoms with Gasteiger partial charge in [0.25, 0.3) is 0 Å². The molecule has 1 saturated heterocycles. The second-order valence-corrected chi connectivity index (χ2v) is 7.00. The Morgan fingerprint density at radius 3 is 2.86 bits per heavy atom. The second-order valence-electron chi connectivity index (χ2n) is 5.26. The van der Waals surface area contributed by atoms with Crippen LogP contribution in [0.5, 0.6) is 0 Å². The van der Waals surface area contributed by atoms with Crippen LogP contribution in [0, 0.1) is 0 Å². The van der Waals surface area contributed by atoms with Crippen molar-refractivity contribution in [3.63, 3.8) is 0 Å². The van der Waals surface area contributed by atoms with E-state index in [0.717, 1.165) is 31.6 Å². The molecular formula is C15H17ClN4OS. The first-order valence-electron chi connectivity index (χ1n) is 7.26. The highest BCUT2D eigenvalue weighted by atomic mass is 35.5. The van der Waals surface area contributed by atoms with E-state index in [0.29, 0.717) is 10.2 Å². The maximum Gasteiger partial charge on any atom is 0.235 e. The highest BCUT2D eigenvalue weighted by Gasteiger charge is 2.25. The molecule has 1 aliphatic rings. The second kappa shape index (κ2) is 6.71. The molecule has 7 heteroatoms. The molecule has 0 N–H and O–H groups in total. The average molecular weight is 337 g/mol. The molecule has 3 rings (SSSR count). The Morgan fingerprint density at radius 1 is 1.36 bits per heavy atom. The molecule has 22 heavy (non-hydrogen) atoms. The van der Waals surface area contributed by atoms with Crippen LogP contribution in [-0.4, -0.2) is 43.9 Å². The van der Waals surface area contributed by atoms with Crippen LogP contribution < -0.4 is 0 Å². The summed E-state index contributed by atoms with van der Waals surface area (Å²) < 4.78 is 1.85. The first-order chi connectivity index (χ1) is 10.6. The van der Waals surface area contributed by atoms with E-state index < -0.39 is 0 Å². The molecule has 0 bridgehead atoms. The molecule has 0 radical (unpaired) electrons. The van der Waals surface area contributed by atoms with Gasteiger partial charge in [-0.05, 0) is 38.0 Å². The van der Waals surface area contributed by atoms with Crippen molar-refractivity contribution >= 4 is 29.3 Å². The van der Waals surface area contributed by atoms with E-state index in [1.165, 1.54) is 11.8 Å². The van der Waals surface area contributed by atoms with Gasteiger partial charge in [0.1, 0.15) is 6.33 Å². The van der Waals surface area contributed by atoms with Crippen molar-refractivity contribution in [2.24, 2.45) is 0 Å². The van der Waals surface area contributed by atoms with E-state index in [-0.39, 0.29) is 11.2 Å². The molecular weight excluding hydrogens is 320 g/mol. The number of thioether (sulfide) groups is 1. The zero-order valence-electron chi connectivity index (χ0n) is 12.3. The van der Waals surface area contributed by atoms with Crippen LogP contribution in [-0.2, 0) is 4.79 Å². The fourth-order valence-corrected chi connectivity index (χ4v) is 3.62. The molecule has 116 valence electrons. The molecule has 0 aliphatic carbocycles. The summed E-state index contributed by atoms with van der Waals surface area (Å²) in [7, 11) is 0. The van der Waals surface area contributed by atoms with E-state index in [2.05, 4.69) is 10.2 Å². The third-order valence-corrected chi connectivity index (χ3v) is 4.93. The van der Waals surface area contributed by atoms with Crippen molar-refractivity contribution in [3.8, 4) is 5.69 Å². The Bertz CT molecular complexity index is 669. The number of likely N-dealkylation sites (tertiary alicyclic amines) is 1. The summed E-state index contributed by atoms with van der Waals surface area (Å²) in [4.78, 5) is 14.3. The number of amides is 1. The lowest BCUT2D eigenvalue weighted by Crippen LogP contribution is -2.34. The number of rotatable bonds is 4. The normalized spacial score (nSPS) is 16.0. The summed E-state index contributed by atoms with van der Waals surface area (Å²) in [6.45, 7) is 3.65. The van der Waals surface area contributed by atoms with E-state index in [4.69, 9.17) is 11.6 Å². The molecule has 1 amide bonds. The molecule has 1 fully saturated rings. The number of aromatic nitrogens is 3. The molecule has 2 aromatic rings. The number of halogens is 1. The number of benzene rings is 1. The largest absolute Gasteiger partial charge is 0.342 e. The summed E-state index contributed by atoms with van der Waals surface area (Å²) in [6.07, 6.45) is 3.84. The maximum absolute atomic E-state index is 12.4. The number of hydrogen-bond acceptors (Lipinski definition) is 4. The summed E-state index contributed by atoms with van der Waals surface area (Å²) in [6, 6.07) is 7.49. The topological polar surface area (TPSA) is 51.0 Å². The smallest absolute Gasteiger partial charge is 0.235 e. The summed E-state index contributed by atoms with van der Waals surface area (Å²) in [5.41, 5.74) is 0.890. The zero-order valence-corrected chi connectivity index (χ0v) is 13.8. The average Bonchev–Trinajstić information content (AvgIpc) is 3.18. The summed E-state index contributed by atoms with van der Waals surface area (Å²) in [5, 5.41) is 9.27. The van der Waals surface area contributed by atoms with Crippen molar-refractivity contribution in [2.75, 3.05) is 13.1 Å². The van der Waals surface area contributed by atoms with Crippen molar-refractivity contribution in [1.82, 2.24) is 19.7 Å². The van der Waals surface area contributed by atoms with E-state index in [1.807, 2.05) is 40.7 Å². The quantitative estimate of drug-likeness (QED) is 0.805. The fraction of sp³-hybridized carbons (Fsp3) is 0.400. The minimum atomic E-state index is -0.180. The van der Waals surface area contributed by atoms with Crippen molar-refractivity contribution in [1.29, 1.82) is 0 Å². The van der Waals surface area contributed by atoms with Crippen LogP contribution in [0.1, 0.15) is 19.8 Å². The Kier molecular flexibility index (Phi) is 4.69. The van der Waals surface area contributed by atoms with Gasteiger partial charge in [-0.15, -0.1) is 10.2 Å². The van der Waals surface area contributed by atoms with Gasteiger partial charge in [0, 0.05) is 18.1 Å². The molecule has 2 heterocycles. The number of carbonyl (C=O) groups excluding carboxylic acids is 1. The monoisotopic (exact) mass is 336 g/mol. The summed E-state index contributed by atoms with van der Waals surface area (Å²) in [5.74, 6) is 0.170. The molecule has 1 aromatic carbocycles. The van der Waals surface area contributed by atoms with Gasteiger partial charge < -0.3 is 4.90 Å². The van der Waals surface area contributed by atoms with Crippen LogP contribution in [0.25, 0.3) is 5.69 Å². The molecule has 1 atom stereocenters. The van der Waals surface area contributed by atoms with Crippen LogP contribution in [0.15, 0.2) is 35.7 Å². The first kappa shape index (κ1) is 15.4. The predicted molar refractivity (Wildman–Crippen MR) is 87.5 cm³/mol. The van der Waals surface area contributed by atoms with Gasteiger partial charge in [-0.25, -0.2) is 0 Å².